The van der Waals surface area contributed by atoms with Crippen molar-refractivity contribution in [2.45, 2.75) is 0 Å². The van der Waals surface area contributed by atoms with Gasteiger partial charge in [0.25, 0.3) is 0 Å². The Morgan fingerprint density at radius 2 is 1.79 bits per heavy atom. The summed E-state index contributed by atoms with van der Waals surface area (Å²) in [6, 6.07) is 12.0. The number of carbonyl (C=O) groups is 2. The molecule has 29 heavy (non-hydrogen) atoms. The number of ether oxygens (including phenoxy) is 4. The number of ketones is 1. The van der Waals surface area contributed by atoms with Crippen LogP contribution in [0.25, 0.3) is 6.08 Å². The van der Waals surface area contributed by atoms with Gasteiger partial charge in [-0.15, -0.1) is 0 Å². The molecular formula is C22H23NO6. The van der Waals surface area contributed by atoms with Gasteiger partial charge in [0.05, 0.1) is 33.0 Å². The maximum absolute atomic E-state index is 12.6. The first-order chi connectivity index (χ1) is 14.1. The van der Waals surface area contributed by atoms with Crippen molar-refractivity contribution in [2.24, 2.45) is 0 Å². The number of methoxy groups -OCH3 is 2. The molecule has 7 nitrogen and oxygen atoms in total. The van der Waals surface area contributed by atoms with Gasteiger partial charge in [-0.2, -0.15) is 0 Å². The lowest BCUT2D eigenvalue weighted by Gasteiger charge is -2.25. The number of rotatable bonds is 6. The van der Waals surface area contributed by atoms with E-state index in [2.05, 4.69) is 0 Å². The molecule has 1 heterocycles. The Labute approximate surface area is 169 Å². The number of hydrogen-bond donors (Lipinski definition) is 0. The van der Waals surface area contributed by atoms with Gasteiger partial charge in [0.1, 0.15) is 17.2 Å². The van der Waals surface area contributed by atoms with Crippen LogP contribution in [0.15, 0.2) is 48.5 Å². The first kappa shape index (κ1) is 20.4. The van der Waals surface area contributed by atoms with E-state index in [1.165, 1.54) is 13.2 Å². The molecule has 1 fully saturated rings. The Balaban J connectivity index is 1.68. The van der Waals surface area contributed by atoms with Crippen LogP contribution in [0.5, 0.6) is 17.2 Å². The smallest absolute Gasteiger partial charge is 0.415 e. The van der Waals surface area contributed by atoms with E-state index in [1.54, 1.807) is 54.5 Å². The van der Waals surface area contributed by atoms with Crippen LogP contribution in [-0.4, -0.2) is 57.3 Å². The molecule has 0 N–H and O–H groups in total. The van der Waals surface area contributed by atoms with Crippen LogP contribution in [0.4, 0.5) is 4.79 Å². The Morgan fingerprint density at radius 3 is 2.52 bits per heavy atom. The predicted octanol–water partition coefficient (Wildman–Crippen LogP) is 3.43. The molecule has 1 amide bonds. The molecule has 2 aromatic rings. The molecule has 0 spiro atoms. The third kappa shape index (κ3) is 5.36. The topological polar surface area (TPSA) is 74.3 Å². The van der Waals surface area contributed by atoms with Crippen LogP contribution >= 0.6 is 0 Å². The van der Waals surface area contributed by atoms with Gasteiger partial charge in [-0.25, -0.2) is 4.79 Å². The van der Waals surface area contributed by atoms with Crippen molar-refractivity contribution in [1.29, 1.82) is 0 Å². The molecule has 1 saturated heterocycles. The van der Waals surface area contributed by atoms with Crippen LogP contribution < -0.4 is 14.2 Å². The zero-order chi connectivity index (χ0) is 20.6. The zero-order valence-corrected chi connectivity index (χ0v) is 16.4. The number of amides is 1. The van der Waals surface area contributed by atoms with Crippen molar-refractivity contribution < 1.29 is 28.5 Å². The summed E-state index contributed by atoms with van der Waals surface area (Å²) in [5.41, 5.74) is 1.16. The molecule has 2 aromatic carbocycles. The molecule has 0 aliphatic carbocycles. The fourth-order valence-corrected chi connectivity index (χ4v) is 2.86. The maximum atomic E-state index is 12.6. The predicted molar refractivity (Wildman–Crippen MR) is 108 cm³/mol. The summed E-state index contributed by atoms with van der Waals surface area (Å²) in [7, 11) is 3.05. The van der Waals surface area contributed by atoms with Gasteiger partial charge in [-0.05, 0) is 35.9 Å². The van der Waals surface area contributed by atoms with Crippen molar-refractivity contribution in [3.63, 3.8) is 0 Å². The van der Waals surface area contributed by atoms with Crippen molar-refractivity contribution in [2.75, 3.05) is 40.5 Å². The van der Waals surface area contributed by atoms with Crippen molar-refractivity contribution >= 4 is 18.0 Å². The molecule has 1 aliphatic rings. The summed E-state index contributed by atoms with van der Waals surface area (Å²) in [4.78, 5) is 26.4. The SMILES string of the molecule is COc1ccc(C(=O)C=Cc2cccc(OC(=O)N3CCOCC3)c2)c(OC)c1. The summed E-state index contributed by atoms with van der Waals surface area (Å²) in [6.45, 7) is 2.04. The lowest BCUT2D eigenvalue weighted by Crippen LogP contribution is -2.42. The van der Waals surface area contributed by atoms with E-state index in [-0.39, 0.29) is 5.78 Å². The fraction of sp³-hybridized carbons (Fsp3) is 0.273. The molecule has 0 atom stereocenters. The Hall–Kier alpha value is -3.32. The van der Waals surface area contributed by atoms with E-state index in [0.29, 0.717) is 49.1 Å². The van der Waals surface area contributed by atoms with Crippen LogP contribution in [0.1, 0.15) is 15.9 Å². The fourth-order valence-electron chi connectivity index (χ4n) is 2.86. The van der Waals surface area contributed by atoms with Crippen LogP contribution in [0.2, 0.25) is 0 Å². The molecule has 1 aliphatic heterocycles. The number of carbonyl (C=O) groups excluding carboxylic acids is 2. The molecular weight excluding hydrogens is 374 g/mol. The van der Waals surface area contributed by atoms with Crippen molar-refractivity contribution in [3.05, 3.63) is 59.7 Å². The maximum Gasteiger partial charge on any atom is 0.415 e. The van der Waals surface area contributed by atoms with E-state index < -0.39 is 6.09 Å². The largest absolute Gasteiger partial charge is 0.497 e. The van der Waals surface area contributed by atoms with Crippen LogP contribution in [0, 0.1) is 0 Å². The highest BCUT2D eigenvalue weighted by Gasteiger charge is 2.18. The molecule has 0 saturated carbocycles. The number of nitrogens with zero attached hydrogens (tertiary/aromatic N) is 1. The third-order valence-electron chi connectivity index (χ3n) is 4.43. The minimum absolute atomic E-state index is 0.208. The summed E-state index contributed by atoms with van der Waals surface area (Å²) >= 11 is 0. The lowest BCUT2D eigenvalue weighted by atomic mass is 10.1. The quantitative estimate of drug-likeness (QED) is 0.549. The van der Waals surface area contributed by atoms with Crippen LogP contribution in [0.3, 0.4) is 0 Å². The first-order valence-corrected chi connectivity index (χ1v) is 9.19. The summed E-state index contributed by atoms with van der Waals surface area (Å²) in [5, 5.41) is 0. The molecule has 0 bridgehead atoms. The molecule has 0 radical (unpaired) electrons. The minimum Gasteiger partial charge on any atom is -0.497 e. The molecule has 152 valence electrons. The lowest BCUT2D eigenvalue weighted by molar-refractivity contribution is 0.0416. The molecule has 0 aromatic heterocycles. The summed E-state index contributed by atoms with van der Waals surface area (Å²) in [6.07, 6.45) is 2.71. The molecule has 7 heteroatoms. The standard InChI is InChI=1S/C22H23NO6/c1-26-17-7-8-19(21(15-17)27-2)20(24)9-6-16-4-3-5-18(14-16)29-22(25)23-10-12-28-13-11-23/h3-9,14-15H,10-13H2,1-2H3. The van der Waals surface area contributed by atoms with Gasteiger partial charge >= 0.3 is 6.09 Å². The third-order valence-corrected chi connectivity index (χ3v) is 4.43. The normalized spacial score (nSPS) is 13.9. The van der Waals surface area contributed by atoms with E-state index in [9.17, 15) is 9.59 Å². The monoisotopic (exact) mass is 397 g/mol. The molecule has 0 unspecified atom stereocenters. The van der Waals surface area contributed by atoms with E-state index in [1.807, 2.05) is 6.07 Å². The van der Waals surface area contributed by atoms with E-state index in [0.717, 1.165) is 5.56 Å². The summed E-state index contributed by atoms with van der Waals surface area (Å²) < 4.78 is 21.1. The zero-order valence-electron chi connectivity index (χ0n) is 16.4. The van der Waals surface area contributed by atoms with E-state index >= 15 is 0 Å². The van der Waals surface area contributed by atoms with E-state index in [4.69, 9.17) is 18.9 Å². The highest BCUT2D eigenvalue weighted by Crippen LogP contribution is 2.25. The summed E-state index contributed by atoms with van der Waals surface area (Å²) in [5.74, 6) is 1.25. The van der Waals surface area contributed by atoms with Crippen molar-refractivity contribution in [3.8, 4) is 17.2 Å². The van der Waals surface area contributed by atoms with Gasteiger partial charge in [0.15, 0.2) is 5.78 Å². The number of benzene rings is 2. The van der Waals surface area contributed by atoms with Crippen LogP contribution in [-0.2, 0) is 4.74 Å². The van der Waals surface area contributed by atoms with Gasteiger partial charge in [0, 0.05) is 19.2 Å². The van der Waals surface area contributed by atoms with Gasteiger partial charge in [-0.3, -0.25) is 4.79 Å². The second kappa shape index (κ2) is 9.75. The highest BCUT2D eigenvalue weighted by atomic mass is 16.6. The molecule has 3 rings (SSSR count). The second-order valence-corrected chi connectivity index (χ2v) is 6.30. The highest BCUT2D eigenvalue weighted by molar-refractivity contribution is 6.08. The van der Waals surface area contributed by atoms with Gasteiger partial charge in [-0.1, -0.05) is 18.2 Å². The average molecular weight is 397 g/mol. The number of hydrogen-bond acceptors (Lipinski definition) is 6. The van der Waals surface area contributed by atoms with Gasteiger partial charge < -0.3 is 23.8 Å². The second-order valence-electron chi connectivity index (χ2n) is 6.30. The Kier molecular flexibility index (Phi) is 6.86. The first-order valence-electron chi connectivity index (χ1n) is 9.19. The number of morpholine rings is 1. The Morgan fingerprint density at radius 1 is 1.00 bits per heavy atom. The average Bonchev–Trinajstić information content (AvgIpc) is 2.77. The van der Waals surface area contributed by atoms with Crippen molar-refractivity contribution in [1.82, 2.24) is 4.90 Å². The van der Waals surface area contributed by atoms with Gasteiger partial charge in [0.2, 0.25) is 0 Å². The minimum atomic E-state index is -0.409. The Bertz CT molecular complexity index is 902. The number of allylic oxidation sites excluding steroid dienone is 1.